The predicted octanol–water partition coefficient (Wildman–Crippen LogP) is 5.31. The summed E-state index contributed by atoms with van der Waals surface area (Å²) in [5.41, 5.74) is 4.88. The fraction of sp³-hybridized carbons (Fsp3) is 0.300. The SMILES string of the molecule is N#Cc1ccc(F)cc1C(=O)C1CC2COCC(C1)N2C(=O)OCC1c2ccccc2-c2ccccc21. The number of hydrogen-bond donors (Lipinski definition) is 0. The van der Waals surface area contributed by atoms with Gasteiger partial charge in [0.25, 0.3) is 0 Å². The molecular weight excluding hydrogens is 471 g/mol. The third kappa shape index (κ3) is 4.08. The van der Waals surface area contributed by atoms with E-state index in [1.165, 1.54) is 12.1 Å². The molecule has 0 saturated carbocycles. The number of piperidine rings is 1. The van der Waals surface area contributed by atoms with Crippen LogP contribution in [0.1, 0.15) is 45.8 Å². The molecule has 2 fully saturated rings. The zero-order chi connectivity index (χ0) is 25.5. The van der Waals surface area contributed by atoms with E-state index < -0.39 is 17.8 Å². The van der Waals surface area contributed by atoms with Gasteiger partial charge in [0.15, 0.2) is 5.78 Å². The maximum atomic E-state index is 13.9. The smallest absolute Gasteiger partial charge is 0.410 e. The fourth-order valence-corrected chi connectivity index (χ4v) is 6.13. The van der Waals surface area contributed by atoms with Crippen molar-refractivity contribution < 1.29 is 23.5 Å². The number of ether oxygens (including phenoxy) is 2. The summed E-state index contributed by atoms with van der Waals surface area (Å²) in [5.74, 6) is -1.28. The Morgan fingerprint density at radius 3 is 2.22 bits per heavy atom. The average molecular weight is 497 g/mol. The maximum absolute atomic E-state index is 13.9. The summed E-state index contributed by atoms with van der Waals surface area (Å²) in [5, 5.41) is 9.39. The van der Waals surface area contributed by atoms with Crippen LogP contribution in [0.4, 0.5) is 9.18 Å². The molecule has 0 aromatic heterocycles. The first-order chi connectivity index (χ1) is 18.0. The second-order valence-corrected chi connectivity index (χ2v) is 9.89. The number of halogens is 1. The van der Waals surface area contributed by atoms with Crippen molar-refractivity contribution in [1.29, 1.82) is 5.26 Å². The molecule has 2 heterocycles. The molecule has 0 N–H and O–H groups in total. The summed E-state index contributed by atoms with van der Waals surface area (Å²) >= 11 is 0. The van der Waals surface area contributed by atoms with E-state index in [-0.39, 0.29) is 41.5 Å². The molecule has 1 amide bonds. The molecule has 7 heteroatoms. The summed E-state index contributed by atoms with van der Waals surface area (Å²) in [6.07, 6.45) is 0.344. The monoisotopic (exact) mass is 496 g/mol. The molecular formula is C30H25FN2O4. The summed E-state index contributed by atoms with van der Waals surface area (Å²) in [4.78, 5) is 28.4. The van der Waals surface area contributed by atoms with E-state index in [4.69, 9.17) is 9.47 Å². The molecule has 3 aromatic carbocycles. The molecule has 2 aliphatic heterocycles. The van der Waals surface area contributed by atoms with E-state index in [9.17, 15) is 19.2 Å². The van der Waals surface area contributed by atoms with Gasteiger partial charge in [-0.1, -0.05) is 48.5 Å². The second kappa shape index (κ2) is 9.45. The van der Waals surface area contributed by atoms with E-state index in [2.05, 4.69) is 24.3 Å². The highest BCUT2D eigenvalue weighted by molar-refractivity contribution is 6.00. The lowest BCUT2D eigenvalue weighted by Crippen LogP contribution is -2.60. The Labute approximate surface area is 214 Å². The lowest BCUT2D eigenvalue weighted by atomic mass is 9.80. The van der Waals surface area contributed by atoms with Gasteiger partial charge in [-0.25, -0.2) is 9.18 Å². The first kappa shape index (κ1) is 23.4. The molecule has 2 atom stereocenters. The fourth-order valence-electron chi connectivity index (χ4n) is 6.13. The highest BCUT2D eigenvalue weighted by atomic mass is 19.1. The standard InChI is InChI=1S/C30H25FN2O4/c31-20-10-9-18(14-32)27(13-20)29(34)19-11-21-15-36-16-22(12-19)33(21)30(35)37-17-28-25-7-3-1-5-23(25)24-6-2-4-8-26(24)28/h1-10,13,19,21-22,28H,11-12,15-17H2. The van der Waals surface area contributed by atoms with Crippen LogP contribution in [-0.2, 0) is 9.47 Å². The molecule has 2 unspecified atom stereocenters. The van der Waals surface area contributed by atoms with Crippen LogP contribution < -0.4 is 0 Å². The molecule has 1 aliphatic carbocycles. The van der Waals surface area contributed by atoms with Crippen LogP contribution in [0.2, 0.25) is 0 Å². The minimum Gasteiger partial charge on any atom is -0.448 e. The molecule has 3 aromatic rings. The van der Waals surface area contributed by atoms with Gasteiger partial charge < -0.3 is 9.47 Å². The van der Waals surface area contributed by atoms with Gasteiger partial charge in [-0.05, 0) is 53.3 Å². The van der Waals surface area contributed by atoms with Crippen LogP contribution >= 0.6 is 0 Å². The van der Waals surface area contributed by atoms with E-state index in [0.717, 1.165) is 28.3 Å². The zero-order valence-corrected chi connectivity index (χ0v) is 20.1. The van der Waals surface area contributed by atoms with Crippen LogP contribution in [0.15, 0.2) is 66.7 Å². The Morgan fingerprint density at radius 1 is 0.973 bits per heavy atom. The topological polar surface area (TPSA) is 79.6 Å². The molecule has 6 nitrogen and oxygen atoms in total. The van der Waals surface area contributed by atoms with Gasteiger partial charge in [-0.2, -0.15) is 5.26 Å². The number of rotatable bonds is 4. The number of carbonyl (C=O) groups is 2. The lowest BCUT2D eigenvalue weighted by Gasteiger charge is -2.47. The average Bonchev–Trinajstić information content (AvgIpc) is 3.24. The first-order valence-electron chi connectivity index (χ1n) is 12.5. The minimum absolute atomic E-state index is 0.0380. The van der Waals surface area contributed by atoms with Gasteiger partial charge >= 0.3 is 6.09 Å². The third-order valence-electron chi connectivity index (χ3n) is 7.81. The summed E-state index contributed by atoms with van der Waals surface area (Å²) in [7, 11) is 0. The Kier molecular flexibility index (Phi) is 5.97. The van der Waals surface area contributed by atoms with Crippen molar-refractivity contribution in [3.8, 4) is 17.2 Å². The van der Waals surface area contributed by atoms with Crippen molar-refractivity contribution in [2.24, 2.45) is 5.92 Å². The van der Waals surface area contributed by atoms with Gasteiger partial charge in [0.2, 0.25) is 0 Å². The van der Waals surface area contributed by atoms with Crippen molar-refractivity contribution in [2.45, 2.75) is 30.8 Å². The van der Waals surface area contributed by atoms with Gasteiger partial charge in [0.1, 0.15) is 12.4 Å². The molecule has 2 bridgehead atoms. The second-order valence-electron chi connectivity index (χ2n) is 9.89. The minimum atomic E-state index is -0.554. The van der Waals surface area contributed by atoms with Gasteiger partial charge in [-0.3, -0.25) is 9.69 Å². The van der Waals surface area contributed by atoms with Crippen LogP contribution in [0, 0.1) is 23.1 Å². The highest BCUT2D eigenvalue weighted by Crippen LogP contribution is 2.44. The van der Waals surface area contributed by atoms with Crippen LogP contribution in [-0.4, -0.2) is 48.7 Å². The van der Waals surface area contributed by atoms with Crippen LogP contribution in [0.3, 0.4) is 0 Å². The number of amides is 1. The summed E-state index contributed by atoms with van der Waals surface area (Å²) in [6, 6.07) is 21.3. The van der Waals surface area contributed by atoms with Crippen molar-refractivity contribution >= 4 is 11.9 Å². The molecule has 6 rings (SSSR count). The number of morpholine rings is 1. The number of nitrogens with zero attached hydrogens (tertiary/aromatic N) is 2. The van der Waals surface area contributed by atoms with Crippen molar-refractivity contribution in [3.05, 3.63) is 94.8 Å². The number of carbonyl (C=O) groups excluding carboxylic acids is 2. The number of hydrogen-bond acceptors (Lipinski definition) is 5. The van der Waals surface area contributed by atoms with E-state index >= 15 is 0 Å². The van der Waals surface area contributed by atoms with Crippen LogP contribution in [0.5, 0.6) is 0 Å². The third-order valence-corrected chi connectivity index (χ3v) is 7.81. The molecule has 37 heavy (non-hydrogen) atoms. The van der Waals surface area contributed by atoms with E-state index in [1.54, 1.807) is 4.90 Å². The Hall–Kier alpha value is -4.02. The van der Waals surface area contributed by atoms with Gasteiger partial charge in [0, 0.05) is 17.4 Å². The largest absolute Gasteiger partial charge is 0.448 e. The Balaban J connectivity index is 1.18. The number of ketones is 1. The lowest BCUT2D eigenvalue weighted by molar-refractivity contribution is -0.0747. The maximum Gasteiger partial charge on any atom is 0.410 e. The van der Waals surface area contributed by atoms with E-state index in [0.29, 0.717) is 26.1 Å². The molecule has 186 valence electrons. The van der Waals surface area contributed by atoms with Gasteiger partial charge in [-0.15, -0.1) is 0 Å². The first-order valence-corrected chi connectivity index (χ1v) is 12.5. The van der Waals surface area contributed by atoms with Crippen molar-refractivity contribution in [1.82, 2.24) is 4.90 Å². The number of nitriles is 1. The predicted molar refractivity (Wildman–Crippen MR) is 133 cm³/mol. The normalized spacial score (nSPS) is 22.1. The quantitative estimate of drug-likeness (QED) is 0.458. The summed E-state index contributed by atoms with van der Waals surface area (Å²) < 4.78 is 25.5. The molecule has 3 aliphatic rings. The molecule has 0 spiro atoms. The Bertz CT molecular complexity index is 1370. The van der Waals surface area contributed by atoms with Crippen LogP contribution in [0.25, 0.3) is 11.1 Å². The summed E-state index contributed by atoms with van der Waals surface area (Å²) in [6.45, 7) is 0.832. The number of Topliss-reactive ketones (excluding diaryl/α,β-unsaturated/α-hetero) is 1. The Morgan fingerprint density at radius 2 is 1.59 bits per heavy atom. The highest BCUT2D eigenvalue weighted by Gasteiger charge is 2.45. The molecule has 0 radical (unpaired) electrons. The zero-order valence-electron chi connectivity index (χ0n) is 20.1. The van der Waals surface area contributed by atoms with Crippen molar-refractivity contribution in [3.63, 3.8) is 0 Å². The number of benzene rings is 3. The van der Waals surface area contributed by atoms with Crippen molar-refractivity contribution in [2.75, 3.05) is 19.8 Å². The van der Waals surface area contributed by atoms with E-state index in [1.807, 2.05) is 30.3 Å². The van der Waals surface area contributed by atoms with Gasteiger partial charge in [0.05, 0.1) is 36.9 Å². The number of fused-ring (bicyclic) bond motifs is 5. The molecule has 2 saturated heterocycles.